The predicted octanol–water partition coefficient (Wildman–Crippen LogP) is 12.2. The maximum absolute atomic E-state index is 10.3. The number of nitrogens with zero attached hydrogens (tertiary/aromatic N) is 6. The van der Waals surface area contributed by atoms with E-state index >= 15 is 0 Å². The average Bonchev–Trinajstić information content (AvgIpc) is 2.92. The first kappa shape index (κ1) is 49.1. The molecule has 2 aromatic rings. The van der Waals surface area contributed by atoms with Gasteiger partial charge in [0.2, 0.25) is 0 Å². The van der Waals surface area contributed by atoms with Crippen LogP contribution in [0.4, 0.5) is 0 Å². The van der Waals surface area contributed by atoms with Crippen LogP contribution in [0.2, 0.25) is 118 Å². The van der Waals surface area contributed by atoms with Crippen molar-refractivity contribution in [1.29, 1.82) is 0 Å². The van der Waals surface area contributed by atoms with Crippen molar-refractivity contribution in [3.8, 4) is 0 Å². The second kappa shape index (κ2) is 19.1. The van der Waals surface area contributed by atoms with Crippen LogP contribution in [0.3, 0.4) is 0 Å². The van der Waals surface area contributed by atoms with E-state index in [2.05, 4.69) is 146 Å². The van der Waals surface area contributed by atoms with E-state index in [-0.39, 0.29) is 43.2 Å². The Morgan fingerprint density at radius 1 is 0.455 bits per heavy atom. The van der Waals surface area contributed by atoms with E-state index in [0.717, 1.165) is 11.0 Å². The molecule has 44 heavy (non-hydrogen) atoms. The molecule has 0 fully saturated rings. The number of hydrogen-bond acceptors (Lipinski definition) is 0. The topological polar surface area (TPSA) is 74.5 Å². The van der Waals surface area contributed by atoms with Crippen LogP contribution in [-0.2, 0) is 0 Å². The smallest absolute Gasteiger partial charge is 0.668 e. The summed E-state index contributed by atoms with van der Waals surface area (Å²) < 4.78 is 18.4. The second-order valence-corrected chi connectivity index (χ2v) is 46.8. The van der Waals surface area contributed by atoms with Crippen LogP contribution in [-0.4, -0.2) is 58.5 Å². The maximum atomic E-state index is 10.3. The van der Waals surface area contributed by atoms with Crippen LogP contribution in [0, 0.1) is 31.1 Å². The van der Waals surface area contributed by atoms with Gasteiger partial charge in [0, 0.05) is 5.62 Å². The van der Waals surface area contributed by atoms with Gasteiger partial charge in [-0.2, -0.15) is 0 Å². The van der Waals surface area contributed by atoms with E-state index in [9.17, 15) is 5.41 Å². The van der Waals surface area contributed by atoms with Crippen LogP contribution in [0.25, 0.3) is 30.4 Å². The van der Waals surface area contributed by atoms with Crippen LogP contribution < -0.4 is 5.62 Å². The minimum atomic E-state index is -1.11. The number of rotatable bonds is 8. The van der Waals surface area contributed by atoms with Gasteiger partial charge in [0.05, 0.1) is 0 Å². The number of imidazole rings is 1. The summed E-state index contributed by atoms with van der Waals surface area (Å²) in [6.45, 7) is 49.7. The zero-order valence-electron chi connectivity index (χ0n) is 33.1. The number of fused-ring (bicyclic) bond motifs is 1. The van der Waals surface area contributed by atoms with E-state index in [1.165, 1.54) is 0 Å². The molecule has 254 valence electrons. The SMILES string of the molecule is CC(C)n1c(=[N-])n(C(C)C)c2ccccc21.C[Si](C)(C)[N-][Si](C)(C)C.C[Si](C)(C)[N-][Si](C)(C)C.C[Si](C)(C)[N-][Si](C)(C)C.[U+4]. The van der Waals surface area contributed by atoms with Crippen molar-refractivity contribution in [3.63, 3.8) is 0 Å². The van der Waals surface area contributed by atoms with Gasteiger partial charge in [-0.15, -0.1) is 0 Å². The molecule has 1 heterocycles. The van der Waals surface area contributed by atoms with Crippen LogP contribution in [0.1, 0.15) is 39.8 Å². The molecular formula is C31H72N6Si6U. The Morgan fingerprint density at radius 2 is 0.636 bits per heavy atom. The first-order valence-electron chi connectivity index (χ1n) is 16.1. The predicted molar refractivity (Wildman–Crippen MR) is 217 cm³/mol. The van der Waals surface area contributed by atoms with E-state index in [4.69, 9.17) is 13.9 Å². The molecule has 0 spiro atoms. The molecule has 0 saturated carbocycles. The molecule has 0 atom stereocenters. The summed E-state index contributed by atoms with van der Waals surface area (Å²) in [6, 6.07) is 8.62. The second-order valence-electron chi connectivity index (χ2n) is 18.1. The molecule has 0 saturated heterocycles. The molecule has 0 aliphatic carbocycles. The molecule has 0 unspecified atom stereocenters. The molecule has 13 heteroatoms. The molecule has 2 rings (SSSR count). The van der Waals surface area contributed by atoms with Crippen molar-refractivity contribution < 1.29 is 31.1 Å². The third-order valence-corrected chi connectivity index (χ3v) is 21.0. The fourth-order valence-electron chi connectivity index (χ4n) is 5.24. The Labute approximate surface area is 305 Å². The van der Waals surface area contributed by atoms with Gasteiger partial charge in [-0.1, -0.05) is 219 Å². The summed E-state index contributed by atoms with van der Waals surface area (Å²) in [5.41, 5.74) is 2.51. The van der Waals surface area contributed by atoms with Gasteiger partial charge >= 0.3 is 31.1 Å². The average molecular weight is 936 g/mol. The maximum Gasteiger partial charge on any atom is 4.00 e. The van der Waals surface area contributed by atoms with Crippen molar-refractivity contribution in [2.24, 2.45) is 0 Å². The minimum absolute atomic E-state index is 0. The number of hydrogen-bond donors (Lipinski definition) is 0. The van der Waals surface area contributed by atoms with E-state index in [1.807, 2.05) is 33.4 Å². The van der Waals surface area contributed by atoms with Gasteiger partial charge < -0.3 is 28.5 Å². The fourth-order valence-corrected chi connectivity index (χ4v) is 29.4. The minimum Gasteiger partial charge on any atom is -0.668 e. The molecular weight excluding hydrogens is 863 g/mol. The zero-order chi connectivity index (χ0) is 35.0. The first-order chi connectivity index (χ1) is 18.7. The summed E-state index contributed by atoms with van der Waals surface area (Å²) in [5, 5.41) is 10.3. The Bertz CT molecular complexity index is 991. The van der Waals surface area contributed by atoms with Crippen molar-refractivity contribution >= 4 is 60.4 Å². The summed E-state index contributed by atoms with van der Waals surface area (Å²) in [7, 11) is -6.64. The van der Waals surface area contributed by atoms with Crippen LogP contribution >= 0.6 is 0 Å². The largest absolute Gasteiger partial charge is 4.00 e. The Morgan fingerprint density at radius 3 is 0.750 bits per heavy atom. The van der Waals surface area contributed by atoms with Crippen molar-refractivity contribution in [1.82, 2.24) is 9.13 Å². The van der Waals surface area contributed by atoms with E-state index in [1.54, 1.807) is 0 Å². The first-order valence-corrected chi connectivity index (χ1v) is 36.8. The Kier molecular flexibility index (Phi) is 21.3. The molecule has 1 aromatic heterocycles. The molecule has 0 aliphatic heterocycles. The molecule has 0 N–H and O–H groups in total. The summed E-state index contributed by atoms with van der Waals surface area (Å²) in [5.74, 6) is 0. The Hall–Kier alpha value is 0.723. The monoisotopic (exact) mass is 934 g/mol. The number of para-hydroxylation sites is 2. The van der Waals surface area contributed by atoms with Gasteiger partial charge in [-0.3, -0.25) is 0 Å². The molecule has 0 radical (unpaired) electrons. The van der Waals surface area contributed by atoms with Crippen molar-refractivity contribution in [2.75, 3.05) is 0 Å². The quantitative estimate of drug-likeness (QED) is 0.237. The van der Waals surface area contributed by atoms with Gasteiger partial charge in [-0.25, -0.2) is 0 Å². The van der Waals surface area contributed by atoms with Gasteiger partial charge in [-0.05, 0) is 23.1 Å². The molecule has 0 aliphatic rings. The van der Waals surface area contributed by atoms with Crippen LogP contribution in [0.5, 0.6) is 0 Å². The van der Waals surface area contributed by atoms with Gasteiger partial charge in [0.15, 0.2) is 0 Å². The third-order valence-electron chi connectivity index (χ3n) is 4.88. The fraction of sp³-hybridized carbons (Fsp3) is 0.774. The van der Waals surface area contributed by atoms with Crippen molar-refractivity contribution in [3.05, 3.63) is 49.2 Å². The summed E-state index contributed by atoms with van der Waals surface area (Å²) >= 11 is 0. The molecule has 1 aromatic carbocycles. The zero-order valence-corrected chi connectivity index (χ0v) is 43.3. The normalized spacial score (nSPS) is 12.9. The molecule has 0 amide bonds. The van der Waals surface area contributed by atoms with Crippen molar-refractivity contribution in [2.45, 2.75) is 158 Å². The summed E-state index contributed by atoms with van der Waals surface area (Å²) in [4.78, 5) is 0. The molecule has 6 nitrogen and oxygen atoms in total. The molecule has 0 bridgehead atoms. The van der Waals surface area contributed by atoms with Gasteiger partial charge in [0.1, 0.15) is 0 Å². The van der Waals surface area contributed by atoms with Crippen LogP contribution in [0.15, 0.2) is 24.3 Å². The summed E-state index contributed by atoms with van der Waals surface area (Å²) in [6.07, 6.45) is 0. The third kappa shape index (κ3) is 25.8. The number of benzene rings is 1. The Balaban J connectivity index is -0.000000530. The van der Waals surface area contributed by atoms with E-state index in [0.29, 0.717) is 5.62 Å². The van der Waals surface area contributed by atoms with Gasteiger partial charge in [0.25, 0.3) is 0 Å². The standard InChI is InChI=1S/C13H18N3.3C6H18NSi2.U/c1-9(2)15-11-7-5-6-8-12(11)16(10(3)4)13(15)14;3*1-8(2,3)7-9(4,5)6;/h5-10H,1-4H3;3*1-6H3;/q4*-1;+4. The van der Waals surface area contributed by atoms with E-state index < -0.39 is 49.4 Å². The number of aromatic nitrogens is 2.